The number of halogens is 3. The summed E-state index contributed by atoms with van der Waals surface area (Å²) in [5, 5.41) is 14.8. The van der Waals surface area contributed by atoms with Gasteiger partial charge in [-0.3, -0.25) is 4.79 Å². The van der Waals surface area contributed by atoms with Crippen LogP contribution in [0.15, 0.2) is 6.07 Å². The number of hydrogen-bond acceptors (Lipinski definition) is 4. The molecule has 3 aliphatic rings. The molecule has 1 atom stereocenters. The number of carboxylic acid groups (broad SMARTS) is 1. The molecule has 1 saturated heterocycles. The molecule has 1 saturated carbocycles. The molecule has 0 spiro atoms. The molecule has 6 nitrogen and oxygen atoms in total. The van der Waals surface area contributed by atoms with E-state index < -0.39 is 23.5 Å². The fourth-order valence-corrected chi connectivity index (χ4v) is 6.16. The minimum absolute atomic E-state index is 0.00130. The zero-order valence-corrected chi connectivity index (χ0v) is 19.7. The maximum Gasteiger partial charge on any atom is 0.391 e. The number of carbonyl (C=O) groups is 1. The maximum atomic E-state index is 13.1. The quantitative estimate of drug-likeness (QED) is 0.588. The smallest absolute Gasteiger partial charge is 0.391 e. The predicted octanol–water partition coefficient (Wildman–Crippen LogP) is 5.53. The van der Waals surface area contributed by atoms with E-state index in [2.05, 4.69) is 4.90 Å². The minimum atomic E-state index is -4.12. The Morgan fingerprint density at radius 1 is 1.12 bits per heavy atom. The van der Waals surface area contributed by atoms with Gasteiger partial charge in [-0.2, -0.15) is 22.8 Å². The molecule has 0 aromatic carbocycles. The summed E-state index contributed by atoms with van der Waals surface area (Å²) >= 11 is 0. The van der Waals surface area contributed by atoms with Crippen molar-refractivity contribution >= 4 is 17.4 Å². The van der Waals surface area contributed by atoms with Crippen molar-refractivity contribution in [3.05, 3.63) is 23.0 Å². The van der Waals surface area contributed by atoms with E-state index in [4.69, 9.17) is 10.1 Å². The van der Waals surface area contributed by atoms with Crippen molar-refractivity contribution in [1.29, 1.82) is 0 Å². The topological polar surface area (TPSA) is 70.7 Å². The number of piperidine rings is 1. The zero-order chi connectivity index (χ0) is 24.1. The Kier molecular flexibility index (Phi) is 6.01. The highest BCUT2D eigenvalue weighted by Crippen LogP contribution is 2.43. The van der Waals surface area contributed by atoms with Crippen LogP contribution >= 0.6 is 0 Å². The molecule has 0 bridgehead atoms. The van der Waals surface area contributed by atoms with Crippen molar-refractivity contribution in [2.45, 2.75) is 89.6 Å². The van der Waals surface area contributed by atoms with Gasteiger partial charge in [0, 0.05) is 36.3 Å². The van der Waals surface area contributed by atoms with E-state index in [-0.39, 0.29) is 18.8 Å². The summed E-state index contributed by atoms with van der Waals surface area (Å²) in [7, 11) is 0. The molecule has 2 aromatic rings. The van der Waals surface area contributed by atoms with Crippen LogP contribution in [0.3, 0.4) is 0 Å². The molecule has 2 fully saturated rings. The zero-order valence-electron chi connectivity index (χ0n) is 19.7. The summed E-state index contributed by atoms with van der Waals surface area (Å²) in [5.74, 6) is -1.05. The summed E-state index contributed by atoms with van der Waals surface area (Å²) in [6, 6.07) is 1.95. The molecule has 1 N–H and O–H groups in total. The van der Waals surface area contributed by atoms with Crippen LogP contribution < -0.4 is 4.90 Å². The molecule has 2 aliphatic carbocycles. The molecule has 2 aromatic heterocycles. The van der Waals surface area contributed by atoms with Crippen LogP contribution in [0, 0.1) is 11.3 Å². The van der Waals surface area contributed by atoms with Crippen molar-refractivity contribution in [2.75, 3.05) is 18.0 Å². The Morgan fingerprint density at radius 2 is 1.85 bits per heavy atom. The number of carboxylic acids is 1. The lowest BCUT2D eigenvalue weighted by Crippen LogP contribution is -2.47. The fourth-order valence-electron chi connectivity index (χ4n) is 6.16. The monoisotopic (exact) mass is 478 g/mol. The van der Waals surface area contributed by atoms with Gasteiger partial charge in [-0.15, -0.1) is 0 Å². The first-order valence-corrected chi connectivity index (χ1v) is 12.6. The highest BCUT2D eigenvalue weighted by Gasteiger charge is 2.42. The van der Waals surface area contributed by atoms with Gasteiger partial charge < -0.3 is 10.0 Å². The van der Waals surface area contributed by atoms with E-state index in [9.17, 15) is 23.1 Å². The largest absolute Gasteiger partial charge is 0.481 e. The van der Waals surface area contributed by atoms with Gasteiger partial charge in [0.2, 0.25) is 0 Å². The van der Waals surface area contributed by atoms with Gasteiger partial charge in [-0.1, -0.05) is 6.42 Å². The molecular formula is C25H33F3N4O2. The molecular weight excluding hydrogens is 445 g/mol. The van der Waals surface area contributed by atoms with Gasteiger partial charge >= 0.3 is 12.1 Å². The third-order valence-electron chi connectivity index (χ3n) is 8.24. The average Bonchev–Trinajstić information content (AvgIpc) is 3.07. The summed E-state index contributed by atoms with van der Waals surface area (Å²) < 4.78 is 41.3. The molecule has 0 amide bonds. The van der Waals surface area contributed by atoms with Crippen molar-refractivity contribution in [3.8, 4) is 0 Å². The number of anilines is 1. The normalized spacial score (nSPS) is 28.5. The third-order valence-corrected chi connectivity index (χ3v) is 8.24. The van der Waals surface area contributed by atoms with Gasteiger partial charge in [0.1, 0.15) is 5.82 Å². The van der Waals surface area contributed by atoms with Crippen LogP contribution in [0.5, 0.6) is 0 Å². The second-order valence-corrected chi connectivity index (χ2v) is 10.7. The highest BCUT2D eigenvalue weighted by atomic mass is 19.4. The molecule has 9 heteroatoms. The van der Waals surface area contributed by atoms with Crippen molar-refractivity contribution in [1.82, 2.24) is 14.6 Å². The number of fused-ring (bicyclic) bond motifs is 2. The first-order valence-electron chi connectivity index (χ1n) is 12.6. The number of nitrogens with zero attached hydrogens (tertiary/aromatic N) is 4. The molecule has 186 valence electrons. The van der Waals surface area contributed by atoms with E-state index in [0.29, 0.717) is 25.8 Å². The molecule has 5 rings (SSSR count). The number of hydrogen-bond donors (Lipinski definition) is 1. The minimum Gasteiger partial charge on any atom is -0.481 e. The first-order chi connectivity index (χ1) is 16.2. The third kappa shape index (κ3) is 4.26. The molecule has 34 heavy (non-hydrogen) atoms. The van der Waals surface area contributed by atoms with E-state index >= 15 is 0 Å². The highest BCUT2D eigenvalue weighted by molar-refractivity contribution is 5.75. The van der Waals surface area contributed by atoms with Crippen LogP contribution in [-0.4, -0.2) is 44.9 Å². The Hall–Kier alpha value is -2.32. The van der Waals surface area contributed by atoms with Crippen LogP contribution in [0.1, 0.15) is 87.6 Å². The Morgan fingerprint density at radius 3 is 2.56 bits per heavy atom. The van der Waals surface area contributed by atoms with Crippen LogP contribution in [0.25, 0.3) is 5.65 Å². The van der Waals surface area contributed by atoms with Gasteiger partial charge in [-0.25, -0.2) is 4.98 Å². The molecule has 3 heterocycles. The number of aromatic nitrogens is 3. The second kappa shape index (κ2) is 8.72. The first kappa shape index (κ1) is 23.4. The van der Waals surface area contributed by atoms with Crippen molar-refractivity contribution < 1.29 is 23.1 Å². The summed E-state index contributed by atoms with van der Waals surface area (Å²) in [6.45, 7) is 2.99. The van der Waals surface area contributed by atoms with Crippen LogP contribution in [-0.2, 0) is 17.6 Å². The standard InChI is InChI=1S/C25H33F3N4O2/c1-24(23(33)34)12-5-13-31(15-24)22-18-6-3-2-4-7-19(18)29-21-14-20(30-32(21)22)16-8-10-17(11-9-16)25(26,27)28/h14,16-17H,2-13,15H2,1H3,(H,33,34)/t16-,17-,24-/m1/s1. The van der Waals surface area contributed by atoms with E-state index in [1.807, 2.05) is 17.5 Å². The molecule has 1 aliphatic heterocycles. The van der Waals surface area contributed by atoms with E-state index in [0.717, 1.165) is 73.5 Å². The fraction of sp³-hybridized carbons (Fsp3) is 0.720. The Bertz CT molecular complexity index is 1070. The lowest BCUT2D eigenvalue weighted by molar-refractivity contribution is -0.182. The average molecular weight is 479 g/mol. The Balaban J connectivity index is 1.53. The summed E-state index contributed by atoms with van der Waals surface area (Å²) in [4.78, 5) is 19.2. The number of aryl methyl sites for hydroxylation is 1. The predicted molar refractivity (Wildman–Crippen MR) is 122 cm³/mol. The van der Waals surface area contributed by atoms with Gasteiger partial charge in [0.25, 0.3) is 0 Å². The number of rotatable bonds is 3. The van der Waals surface area contributed by atoms with Crippen LogP contribution in [0.4, 0.5) is 19.0 Å². The van der Waals surface area contributed by atoms with Gasteiger partial charge in [0.15, 0.2) is 5.65 Å². The Labute approximate surface area is 197 Å². The van der Waals surface area contributed by atoms with Gasteiger partial charge in [0.05, 0.1) is 17.0 Å². The van der Waals surface area contributed by atoms with Crippen molar-refractivity contribution in [2.24, 2.45) is 11.3 Å². The SMILES string of the molecule is C[C@@]1(C(=O)O)CCCN(c2c3c(nc4cc([C@H]5CC[C@H](C(F)(F)F)CC5)nn24)CCCCC3)C1. The van der Waals surface area contributed by atoms with Gasteiger partial charge in [-0.05, 0) is 71.1 Å². The summed E-state index contributed by atoms with van der Waals surface area (Å²) in [6.07, 6.45) is 3.59. The second-order valence-electron chi connectivity index (χ2n) is 10.7. The van der Waals surface area contributed by atoms with E-state index in [1.165, 1.54) is 0 Å². The lowest BCUT2D eigenvalue weighted by Gasteiger charge is -2.39. The van der Waals surface area contributed by atoms with E-state index in [1.54, 1.807) is 0 Å². The van der Waals surface area contributed by atoms with Crippen molar-refractivity contribution in [3.63, 3.8) is 0 Å². The number of alkyl halides is 3. The van der Waals surface area contributed by atoms with Crippen LogP contribution in [0.2, 0.25) is 0 Å². The number of aliphatic carboxylic acids is 1. The maximum absolute atomic E-state index is 13.1. The lowest BCUT2D eigenvalue weighted by atomic mass is 9.80. The summed E-state index contributed by atoms with van der Waals surface area (Å²) in [5.41, 5.74) is 2.95. The molecule has 0 radical (unpaired) electrons. The molecule has 0 unspecified atom stereocenters.